The highest BCUT2D eigenvalue weighted by Crippen LogP contribution is 2.30. The van der Waals surface area contributed by atoms with Gasteiger partial charge >= 0.3 is 0 Å². The number of hydrogen-bond acceptors (Lipinski definition) is 3. The fourth-order valence-electron chi connectivity index (χ4n) is 2.15. The van der Waals surface area contributed by atoms with E-state index in [4.69, 9.17) is 5.73 Å². The molecule has 2 aromatic heterocycles. The molecule has 0 aliphatic rings. The van der Waals surface area contributed by atoms with Gasteiger partial charge in [0.25, 0.3) is 0 Å². The first kappa shape index (κ1) is 10.8. The zero-order chi connectivity index (χ0) is 12.5. The first-order valence-electron chi connectivity index (χ1n) is 6.07. The van der Waals surface area contributed by atoms with Gasteiger partial charge in [0.15, 0.2) is 5.65 Å². The molecule has 2 heterocycles. The van der Waals surface area contributed by atoms with Crippen LogP contribution in [0.25, 0.3) is 22.3 Å². The lowest BCUT2D eigenvalue weighted by Gasteiger charge is -1.98. The maximum atomic E-state index is 5.95. The fraction of sp³-hybridized carbons (Fsp3) is 0.231. The van der Waals surface area contributed by atoms with E-state index in [1.807, 2.05) is 35.0 Å². The molecule has 0 amide bonds. The van der Waals surface area contributed by atoms with Crippen LogP contribution in [0.3, 0.4) is 0 Å². The third-order valence-electron chi connectivity index (χ3n) is 2.96. The molecular formula is C13H15N5. The monoisotopic (exact) mass is 241 g/mol. The summed E-state index contributed by atoms with van der Waals surface area (Å²) in [7, 11) is 0. The second kappa shape index (κ2) is 4.18. The summed E-state index contributed by atoms with van der Waals surface area (Å²) in [5.74, 6) is 0.575. The van der Waals surface area contributed by atoms with Gasteiger partial charge in [0.05, 0.1) is 5.39 Å². The van der Waals surface area contributed by atoms with Gasteiger partial charge in [0.1, 0.15) is 11.5 Å². The number of rotatable bonds is 3. The molecule has 0 bridgehead atoms. The number of benzene rings is 1. The summed E-state index contributed by atoms with van der Waals surface area (Å²) in [5.41, 5.74) is 8.73. The number of H-pyrrole nitrogens is 1. The number of nitrogen functional groups attached to an aromatic ring is 1. The highest BCUT2D eigenvalue weighted by Gasteiger charge is 2.17. The SMILES string of the molecule is CCCn1nc(-c2ccccc2)c2c(N)[nH]nc21. The number of aryl methyl sites for hydroxylation is 1. The van der Waals surface area contributed by atoms with Crippen LogP contribution in [0.15, 0.2) is 30.3 Å². The molecule has 18 heavy (non-hydrogen) atoms. The maximum absolute atomic E-state index is 5.95. The summed E-state index contributed by atoms with van der Waals surface area (Å²) in [5, 5.41) is 12.6. The van der Waals surface area contributed by atoms with Crippen LogP contribution in [0.2, 0.25) is 0 Å². The molecule has 0 fully saturated rings. The van der Waals surface area contributed by atoms with E-state index in [0.717, 1.165) is 35.3 Å². The van der Waals surface area contributed by atoms with E-state index in [2.05, 4.69) is 22.2 Å². The summed E-state index contributed by atoms with van der Waals surface area (Å²) in [6.45, 7) is 2.96. The minimum Gasteiger partial charge on any atom is -0.383 e. The van der Waals surface area contributed by atoms with Crippen LogP contribution in [0.1, 0.15) is 13.3 Å². The molecule has 5 nitrogen and oxygen atoms in total. The predicted octanol–water partition coefficient (Wildman–Crippen LogP) is 2.42. The molecule has 0 radical (unpaired) electrons. The van der Waals surface area contributed by atoms with E-state index < -0.39 is 0 Å². The molecule has 0 saturated carbocycles. The number of hydrogen-bond donors (Lipinski definition) is 2. The summed E-state index contributed by atoms with van der Waals surface area (Å²) in [4.78, 5) is 0. The Balaban J connectivity index is 2.26. The topological polar surface area (TPSA) is 72.5 Å². The van der Waals surface area contributed by atoms with Crippen LogP contribution in [-0.4, -0.2) is 20.0 Å². The van der Waals surface area contributed by atoms with Gasteiger partial charge in [-0.1, -0.05) is 37.3 Å². The first-order valence-corrected chi connectivity index (χ1v) is 6.07. The Kier molecular flexibility index (Phi) is 2.51. The van der Waals surface area contributed by atoms with Crippen LogP contribution in [0.5, 0.6) is 0 Å². The van der Waals surface area contributed by atoms with Crippen molar-refractivity contribution in [2.45, 2.75) is 19.9 Å². The van der Waals surface area contributed by atoms with Crippen molar-refractivity contribution in [3.63, 3.8) is 0 Å². The minimum atomic E-state index is 0.575. The smallest absolute Gasteiger partial charge is 0.182 e. The highest BCUT2D eigenvalue weighted by molar-refractivity contribution is 5.98. The lowest BCUT2D eigenvalue weighted by molar-refractivity contribution is 0.617. The minimum absolute atomic E-state index is 0.575. The molecule has 0 atom stereocenters. The van der Waals surface area contributed by atoms with Crippen molar-refractivity contribution in [1.29, 1.82) is 0 Å². The van der Waals surface area contributed by atoms with Gasteiger partial charge in [-0.2, -0.15) is 10.2 Å². The normalized spacial score (nSPS) is 11.2. The predicted molar refractivity (Wildman–Crippen MR) is 72.0 cm³/mol. The molecular weight excluding hydrogens is 226 g/mol. The molecule has 5 heteroatoms. The van der Waals surface area contributed by atoms with Crippen LogP contribution in [-0.2, 0) is 6.54 Å². The third kappa shape index (κ3) is 1.55. The Morgan fingerprint density at radius 1 is 1.28 bits per heavy atom. The number of nitrogens with one attached hydrogen (secondary N) is 1. The summed E-state index contributed by atoms with van der Waals surface area (Å²) >= 11 is 0. The fourth-order valence-corrected chi connectivity index (χ4v) is 2.15. The van der Waals surface area contributed by atoms with Crippen LogP contribution >= 0.6 is 0 Å². The molecule has 92 valence electrons. The number of aromatic nitrogens is 4. The van der Waals surface area contributed by atoms with Crippen molar-refractivity contribution < 1.29 is 0 Å². The molecule has 1 aromatic carbocycles. The highest BCUT2D eigenvalue weighted by atomic mass is 15.3. The summed E-state index contributed by atoms with van der Waals surface area (Å²) in [6, 6.07) is 10.0. The van der Waals surface area contributed by atoms with E-state index in [1.54, 1.807) is 0 Å². The zero-order valence-corrected chi connectivity index (χ0v) is 10.2. The Labute approximate surface area is 105 Å². The van der Waals surface area contributed by atoms with Crippen molar-refractivity contribution in [3.8, 4) is 11.3 Å². The third-order valence-corrected chi connectivity index (χ3v) is 2.96. The average molecular weight is 241 g/mol. The molecule has 3 aromatic rings. The van der Waals surface area contributed by atoms with Crippen LogP contribution in [0.4, 0.5) is 5.82 Å². The number of aromatic amines is 1. The van der Waals surface area contributed by atoms with Gasteiger partial charge in [0.2, 0.25) is 0 Å². The summed E-state index contributed by atoms with van der Waals surface area (Å²) in [6.07, 6.45) is 1.01. The molecule has 0 saturated heterocycles. The average Bonchev–Trinajstić information content (AvgIpc) is 2.94. The summed E-state index contributed by atoms with van der Waals surface area (Å²) < 4.78 is 1.91. The first-order chi connectivity index (χ1) is 8.81. The zero-order valence-electron chi connectivity index (χ0n) is 10.2. The quantitative estimate of drug-likeness (QED) is 0.739. The molecule has 0 spiro atoms. The molecule has 0 aliphatic carbocycles. The largest absolute Gasteiger partial charge is 0.383 e. The maximum Gasteiger partial charge on any atom is 0.182 e. The standard InChI is InChI=1S/C13H15N5/c1-2-8-18-13-10(12(14)15-16-13)11(17-18)9-6-4-3-5-7-9/h3-7H,2,8H2,1H3,(H3,14,15,16). The van der Waals surface area contributed by atoms with Crippen LogP contribution in [0, 0.1) is 0 Å². The number of nitrogens with zero attached hydrogens (tertiary/aromatic N) is 3. The van der Waals surface area contributed by atoms with Crippen molar-refractivity contribution >= 4 is 16.9 Å². The lowest BCUT2D eigenvalue weighted by Crippen LogP contribution is -1.99. The molecule has 3 N–H and O–H groups in total. The number of nitrogens with two attached hydrogens (primary N) is 1. The molecule has 3 rings (SSSR count). The van der Waals surface area contributed by atoms with Crippen LogP contribution < -0.4 is 5.73 Å². The van der Waals surface area contributed by atoms with Gasteiger partial charge in [-0.15, -0.1) is 0 Å². The van der Waals surface area contributed by atoms with Crippen molar-refractivity contribution in [3.05, 3.63) is 30.3 Å². The Morgan fingerprint density at radius 2 is 2.06 bits per heavy atom. The van der Waals surface area contributed by atoms with Gasteiger partial charge in [-0.3, -0.25) is 5.10 Å². The Bertz CT molecular complexity index is 665. The lowest BCUT2D eigenvalue weighted by atomic mass is 10.1. The van der Waals surface area contributed by atoms with E-state index >= 15 is 0 Å². The van der Waals surface area contributed by atoms with E-state index in [0.29, 0.717) is 5.82 Å². The Morgan fingerprint density at radius 3 is 2.78 bits per heavy atom. The molecule has 0 unspecified atom stereocenters. The van der Waals surface area contributed by atoms with Gasteiger partial charge in [-0.05, 0) is 6.42 Å². The number of fused-ring (bicyclic) bond motifs is 1. The van der Waals surface area contributed by atoms with Gasteiger partial charge in [0, 0.05) is 12.1 Å². The second-order valence-electron chi connectivity index (χ2n) is 4.27. The van der Waals surface area contributed by atoms with Crippen molar-refractivity contribution in [2.75, 3.05) is 5.73 Å². The van der Waals surface area contributed by atoms with Gasteiger partial charge < -0.3 is 5.73 Å². The van der Waals surface area contributed by atoms with Crippen molar-refractivity contribution in [1.82, 2.24) is 20.0 Å². The van der Waals surface area contributed by atoms with Crippen molar-refractivity contribution in [2.24, 2.45) is 0 Å². The van der Waals surface area contributed by atoms with Gasteiger partial charge in [-0.25, -0.2) is 4.68 Å². The van der Waals surface area contributed by atoms with E-state index in [-0.39, 0.29) is 0 Å². The van der Waals surface area contributed by atoms with E-state index in [1.165, 1.54) is 0 Å². The Hall–Kier alpha value is -2.30. The van der Waals surface area contributed by atoms with E-state index in [9.17, 15) is 0 Å². The number of anilines is 1. The second-order valence-corrected chi connectivity index (χ2v) is 4.27. The molecule has 0 aliphatic heterocycles.